The Hall–Kier alpha value is -1.72. The Morgan fingerprint density at radius 3 is 2.60 bits per heavy atom. The molecule has 0 aliphatic heterocycles. The Morgan fingerprint density at radius 1 is 1.20 bits per heavy atom. The average molecular weight is 289 g/mol. The molecule has 1 amide bonds. The number of aromatic nitrogens is 1. The van der Waals surface area contributed by atoms with Gasteiger partial charge in [0.1, 0.15) is 0 Å². The SMILES string of the molecule is Cc1ccc(C(=O)NCCNCc2cnc(C)s2)cc1. The highest BCUT2D eigenvalue weighted by molar-refractivity contribution is 7.11. The smallest absolute Gasteiger partial charge is 0.251 e. The first kappa shape index (κ1) is 14.7. The van der Waals surface area contributed by atoms with E-state index < -0.39 is 0 Å². The molecular weight excluding hydrogens is 270 g/mol. The summed E-state index contributed by atoms with van der Waals surface area (Å²) in [5.41, 5.74) is 1.86. The van der Waals surface area contributed by atoms with Crippen molar-refractivity contribution in [3.63, 3.8) is 0 Å². The molecule has 2 N–H and O–H groups in total. The van der Waals surface area contributed by atoms with Gasteiger partial charge in [-0.3, -0.25) is 4.79 Å². The van der Waals surface area contributed by atoms with E-state index in [-0.39, 0.29) is 5.91 Å². The van der Waals surface area contributed by atoms with Crippen LogP contribution in [0, 0.1) is 13.8 Å². The first-order valence-electron chi connectivity index (χ1n) is 6.62. The highest BCUT2D eigenvalue weighted by atomic mass is 32.1. The van der Waals surface area contributed by atoms with Crippen LogP contribution >= 0.6 is 11.3 Å². The highest BCUT2D eigenvalue weighted by Gasteiger charge is 2.03. The summed E-state index contributed by atoms with van der Waals surface area (Å²) >= 11 is 1.69. The van der Waals surface area contributed by atoms with E-state index in [0.717, 1.165) is 23.7 Å². The fraction of sp³-hybridized carbons (Fsp3) is 0.333. The van der Waals surface area contributed by atoms with E-state index in [1.165, 1.54) is 4.88 Å². The predicted molar refractivity (Wildman–Crippen MR) is 82.1 cm³/mol. The van der Waals surface area contributed by atoms with Crippen molar-refractivity contribution >= 4 is 17.2 Å². The van der Waals surface area contributed by atoms with Gasteiger partial charge in [-0.05, 0) is 26.0 Å². The number of hydrogen-bond donors (Lipinski definition) is 2. The lowest BCUT2D eigenvalue weighted by Gasteiger charge is -2.06. The molecule has 5 heteroatoms. The van der Waals surface area contributed by atoms with Gasteiger partial charge in [-0.25, -0.2) is 4.98 Å². The molecule has 106 valence electrons. The van der Waals surface area contributed by atoms with Crippen LogP contribution in [0.15, 0.2) is 30.5 Å². The maximum absolute atomic E-state index is 11.8. The van der Waals surface area contributed by atoms with Crippen LogP contribution in [0.25, 0.3) is 0 Å². The van der Waals surface area contributed by atoms with E-state index in [2.05, 4.69) is 15.6 Å². The van der Waals surface area contributed by atoms with Gasteiger partial charge in [0.15, 0.2) is 0 Å². The molecule has 0 saturated heterocycles. The van der Waals surface area contributed by atoms with Gasteiger partial charge in [0.05, 0.1) is 5.01 Å². The summed E-state index contributed by atoms with van der Waals surface area (Å²) in [6, 6.07) is 7.58. The van der Waals surface area contributed by atoms with E-state index in [4.69, 9.17) is 0 Å². The number of thiazole rings is 1. The monoisotopic (exact) mass is 289 g/mol. The summed E-state index contributed by atoms with van der Waals surface area (Å²) < 4.78 is 0. The standard InChI is InChI=1S/C15H19N3OS/c1-11-3-5-13(6-4-11)15(19)17-8-7-16-9-14-10-18-12(2)20-14/h3-6,10,16H,7-9H2,1-2H3,(H,17,19). The molecular formula is C15H19N3OS. The zero-order valence-corrected chi connectivity index (χ0v) is 12.6. The molecule has 1 heterocycles. The van der Waals surface area contributed by atoms with E-state index in [0.29, 0.717) is 12.1 Å². The molecule has 1 aromatic heterocycles. The summed E-state index contributed by atoms with van der Waals surface area (Å²) in [5, 5.41) is 7.26. The number of rotatable bonds is 6. The van der Waals surface area contributed by atoms with Crippen molar-refractivity contribution in [3.8, 4) is 0 Å². The van der Waals surface area contributed by atoms with Gasteiger partial charge < -0.3 is 10.6 Å². The molecule has 4 nitrogen and oxygen atoms in total. The zero-order valence-electron chi connectivity index (χ0n) is 11.8. The van der Waals surface area contributed by atoms with Crippen molar-refractivity contribution in [1.29, 1.82) is 0 Å². The van der Waals surface area contributed by atoms with Crippen LogP contribution in [0.2, 0.25) is 0 Å². The molecule has 1 aromatic carbocycles. The third-order valence-electron chi connectivity index (χ3n) is 2.87. The largest absolute Gasteiger partial charge is 0.351 e. The first-order chi connectivity index (χ1) is 9.65. The van der Waals surface area contributed by atoms with Gasteiger partial charge in [0.25, 0.3) is 5.91 Å². The van der Waals surface area contributed by atoms with Gasteiger partial charge >= 0.3 is 0 Å². The molecule has 0 bridgehead atoms. The molecule has 20 heavy (non-hydrogen) atoms. The third kappa shape index (κ3) is 4.43. The second-order valence-electron chi connectivity index (χ2n) is 4.64. The van der Waals surface area contributed by atoms with Gasteiger partial charge in [0, 0.05) is 36.3 Å². The topological polar surface area (TPSA) is 54.0 Å². The van der Waals surface area contributed by atoms with Gasteiger partial charge in [-0.15, -0.1) is 11.3 Å². The van der Waals surface area contributed by atoms with Crippen LogP contribution in [0.4, 0.5) is 0 Å². The second kappa shape index (κ2) is 7.17. The van der Waals surface area contributed by atoms with E-state index in [9.17, 15) is 4.79 Å². The number of aryl methyl sites for hydroxylation is 2. The Morgan fingerprint density at radius 2 is 1.95 bits per heavy atom. The van der Waals surface area contributed by atoms with Gasteiger partial charge in [-0.1, -0.05) is 17.7 Å². The number of carbonyl (C=O) groups is 1. The van der Waals surface area contributed by atoms with Crippen molar-refractivity contribution in [2.45, 2.75) is 20.4 Å². The molecule has 2 aromatic rings. The average Bonchev–Trinajstić information content (AvgIpc) is 2.84. The van der Waals surface area contributed by atoms with Crippen molar-refractivity contribution in [2.24, 2.45) is 0 Å². The van der Waals surface area contributed by atoms with Gasteiger partial charge in [-0.2, -0.15) is 0 Å². The van der Waals surface area contributed by atoms with Crippen molar-refractivity contribution < 1.29 is 4.79 Å². The molecule has 0 aliphatic carbocycles. The Bertz CT molecular complexity index is 563. The van der Waals surface area contributed by atoms with Crippen LogP contribution in [0.5, 0.6) is 0 Å². The number of nitrogens with one attached hydrogen (secondary N) is 2. The fourth-order valence-electron chi connectivity index (χ4n) is 1.77. The van der Waals surface area contributed by atoms with Crippen LogP contribution < -0.4 is 10.6 Å². The molecule has 2 rings (SSSR count). The Labute approximate surface area is 123 Å². The maximum atomic E-state index is 11.8. The van der Waals surface area contributed by atoms with Crippen molar-refractivity contribution in [1.82, 2.24) is 15.6 Å². The van der Waals surface area contributed by atoms with Crippen molar-refractivity contribution in [2.75, 3.05) is 13.1 Å². The van der Waals surface area contributed by atoms with Crippen LogP contribution in [-0.2, 0) is 6.54 Å². The first-order valence-corrected chi connectivity index (χ1v) is 7.43. The number of nitrogens with zero attached hydrogens (tertiary/aromatic N) is 1. The quantitative estimate of drug-likeness (QED) is 0.802. The number of hydrogen-bond acceptors (Lipinski definition) is 4. The minimum atomic E-state index is -0.0274. The van der Waals surface area contributed by atoms with E-state index in [1.807, 2.05) is 44.3 Å². The lowest BCUT2D eigenvalue weighted by molar-refractivity contribution is 0.0954. The highest BCUT2D eigenvalue weighted by Crippen LogP contribution is 2.10. The zero-order chi connectivity index (χ0) is 14.4. The minimum absolute atomic E-state index is 0.0274. The third-order valence-corrected chi connectivity index (χ3v) is 3.78. The van der Waals surface area contributed by atoms with Crippen LogP contribution in [0.1, 0.15) is 25.8 Å². The molecule has 0 fully saturated rings. The molecule has 0 atom stereocenters. The molecule has 0 unspecified atom stereocenters. The summed E-state index contributed by atoms with van der Waals surface area (Å²) in [4.78, 5) is 17.3. The van der Waals surface area contributed by atoms with Gasteiger partial charge in [0.2, 0.25) is 0 Å². The summed E-state index contributed by atoms with van der Waals surface area (Å²) in [5.74, 6) is -0.0274. The molecule has 0 spiro atoms. The molecule has 0 saturated carbocycles. The lowest BCUT2D eigenvalue weighted by Crippen LogP contribution is -2.31. The Kier molecular flexibility index (Phi) is 5.26. The molecule has 0 aliphatic rings. The van der Waals surface area contributed by atoms with E-state index in [1.54, 1.807) is 11.3 Å². The summed E-state index contributed by atoms with van der Waals surface area (Å²) in [7, 11) is 0. The van der Waals surface area contributed by atoms with E-state index >= 15 is 0 Å². The normalized spacial score (nSPS) is 10.5. The number of carbonyl (C=O) groups excluding carboxylic acids is 1. The minimum Gasteiger partial charge on any atom is -0.351 e. The molecule has 0 radical (unpaired) electrons. The lowest BCUT2D eigenvalue weighted by atomic mass is 10.1. The Balaban J connectivity index is 1.65. The predicted octanol–water partition coefficient (Wildman–Crippen LogP) is 2.28. The second-order valence-corrected chi connectivity index (χ2v) is 5.96. The summed E-state index contributed by atoms with van der Waals surface area (Å²) in [6.45, 7) is 6.16. The van der Waals surface area contributed by atoms with Crippen LogP contribution in [-0.4, -0.2) is 24.0 Å². The van der Waals surface area contributed by atoms with Crippen molar-refractivity contribution in [3.05, 3.63) is 51.5 Å². The number of benzene rings is 1. The maximum Gasteiger partial charge on any atom is 0.251 e. The summed E-state index contributed by atoms with van der Waals surface area (Å²) in [6.07, 6.45) is 1.89. The fourth-order valence-corrected chi connectivity index (χ4v) is 2.53. The number of amides is 1. The van der Waals surface area contributed by atoms with Crippen LogP contribution in [0.3, 0.4) is 0 Å².